The highest BCUT2D eigenvalue weighted by molar-refractivity contribution is 6.21. The molecule has 134 valence electrons. The lowest BCUT2D eigenvalue weighted by Crippen LogP contribution is -2.35. The molecule has 2 rings (SSSR count). The van der Waals surface area contributed by atoms with Gasteiger partial charge in [0.05, 0.1) is 17.5 Å². The molecule has 8 nitrogen and oxygen atoms in total. The number of nitrogens with one attached hydrogen (secondary N) is 1. The lowest BCUT2D eigenvalue weighted by Gasteiger charge is -2.19. The van der Waals surface area contributed by atoms with Gasteiger partial charge in [-0.25, -0.2) is 0 Å². The number of hydrogen-bond donors (Lipinski definition) is 1. The Morgan fingerprint density at radius 2 is 1.60 bits per heavy atom. The molecule has 0 saturated carbocycles. The minimum Gasteiger partial charge on any atom is -0.459 e. The van der Waals surface area contributed by atoms with E-state index in [-0.39, 0.29) is 19.5 Å². The Morgan fingerprint density at radius 3 is 2.12 bits per heavy atom. The van der Waals surface area contributed by atoms with Crippen LogP contribution in [0.25, 0.3) is 0 Å². The number of benzene rings is 1. The number of esters is 1. The second-order valence-corrected chi connectivity index (χ2v) is 6.44. The Bertz CT molecular complexity index is 672. The lowest BCUT2D eigenvalue weighted by molar-refractivity contribution is -0.160. The highest BCUT2D eigenvalue weighted by atomic mass is 16.7. The number of imide groups is 1. The van der Waals surface area contributed by atoms with Crippen LogP contribution >= 0.6 is 0 Å². The van der Waals surface area contributed by atoms with Crippen molar-refractivity contribution in [3.63, 3.8) is 0 Å². The topological polar surface area (TPSA) is 102 Å². The first-order valence-electron chi connectivity index (χ1n) is 7.78. The zero-order valence-corrected chi connectivity index (χ0v) is 14.3. The van der Waals surface area contributed by atoms with Gasteiger partial charge in [-0.2, -0.15) is 0 Å². The van der Waals surface area contributed by atoms with Crippen LogP contribution in [0.3, 0.4) is 0 Å². The van der Waals surface area contributed by atoms with Crippen molar-refractivity contribution >= 4 is 23.8 Å². The quantitative estimate of drug-likeness (QED) is 0.466. The van der Waals surface area contributed by atoms with Crippen LogP contribution in [0.2, 0.25) is 0 Å². The molecule has 0 radical (unpaired) electrons. The van der Waals surface area contributed by atoms with Crippen molar-refractivity contribution in [1.29, 1.82) is 0 Å². The maximum absolute atomic E-state index is 12.1. The van der Waals surface area contributed by atoms with Gasteiger partial charge in [-0.1, -0.05) is 12.1 Å². The van der Waals surface area contributed by atoms with Crippen molar-refractivity contribution in [2.45, 2.75) is 32.8 Å². The molecule has 0 bridgehead atoms. The molecule has 1 aliphatic heterocycles. The number of carbonyl (C=O) groups is 4. The highest BCUT2D eigenvalue weighted by Crippen LogP contribution is 2.22. The van der Waals surface area contributed by atoms with E-state index in [9.17, 15) is 19.2 Å². The molecular weight excluding hydrogens is 328 g/mol. The molecule has 0 fully saturated rings. The van der Waals surface area contributed by atoms with Crippen molar-refractivity contribution in [3.8, 4) is 0 Å². The first kappa shape index (κ1) is 18.6. The summed E-state index contributed by atoms with van der Waals surface area (Å²) in [5.74, 6) is -2.13. The van der Waals surface area contributed by atoms with Gasteiger partial charge >= 0.3 is 11.9 Å². The summed E-state index contributed by atoms with van der Waals surface area (Å²) in [6.45, 7) is 4.77. The van der Waals surface area contributed by atoms with E-state index in [2.05, 4.69) is 5.48 Å². The normalized spacial score (nSPS) is 13.6. The molecule has 2 amide bonds. The van der Waals surface area contributed by atoms with Gasteiger partial charge in [0.1, 0.15) is 12.1 Å². The minimum atomic E-state index is -0.694. The zero-order chi connectivity index (χ0) is 18.6. The largest absolute Gasteiger partial charge is 0.459 e. The maximum Gasteiger partial charge on any atom is 0.326 e. The highest BCUT2D eigenvalue weighted by Gasteiger charge is 2.35. The van der Waals surface area contributed by atoms with Crippen molar-refractivity contribution in [1.82, 2.24) is 10.4 Å². The third-order valence-electron chi connectivity index (χ3n) is 3.24. The molecule has 0 unspecified atom stereocenters. The molecule has 1 aliphatic rings. The van der Waals surface area contributed by atoms with Crippen LogP contribution < -0.4 is 5.48 Å². The number of ether oxygens (including phenoxy) is 1. The lowest BCUT2D eigenvalue weighted by atomic mass is 10.1. The molecule has 0 spiro atoms. The number of fused-ring (bicyclic) bond motifs is 1. The van der Waals surface area contributed by atoms with Crippen LogP contribution in [0.4, 0.5) is 0 Å². The van der Waals surface area contributed by atoms with Crippen molar-refractivity contribution in [2.24, 2.45) is 0 Å². The van der Waals surface area contributed by atoms with Crippen molar-refractivity contribution in [2.75, 3.05) is 13.1 Å². The minimum absolute atomic E-state index is 0.0979. The molecule has 0 aliphatic carbocycles. The first-order chi connectivity index (χ1) is 11.7. The van der Waals surface area contributed by atoms with Crippen LogP contribution in [0.1, 0.15) is 47.9 Å². The van der Waals surface area contributed by atoms with Gasteiger partial charge in [0.2, 0.25) is 0 Å². The zero-order valence-electron chi connectivity index (χ0n) is 14.3. The van der Waals surface area contributed by atoms with Crippen LogP contribution in [0, 0.1) is 0 Å². The number of hydrogen-bond acceptors (Lipinski definition) is 7. The van der Waals surface area contributed by atoms with Gasteiger partial charge in [0, 0.05) is 6.54 Å². The summed E-state index contributed by atoms with van der Waals surface area (Å²) in [7, 11) is 0. The van der Waals surface area contributed by atoms with Gasteiger partial charge in [-0.15, -0.1) is 5.48 Å². The molecule has 1 aromatic rings. The van der Waals surface area contributed by atoms with E-state index in [1.165, 1.54) is 0 Å². The Morgan fingerprint density at radius 1 is 1.04 bits per heavy atom. The number of amides is 2. The SMILES string of the molecule is CC(C)(C)OC(=O)CNOC(=O)CCN1C(=O)c2ccccc2C1=O. The first-order valence-corrected chi connectivity index (χ1v) is 7.78. The standard InChI is InChI=1S/C17H20N2O6/c1-17(2,3)24-14(21)10-18-25-13(20)8-9-19-15(22)11-6-4-5-7-12(11)16(19)23/h4-7,18H,8-10H2,1-3H3. The predicted molar refractivity (Wildman–Crippen MR) is 86.4 cm³/mol. The fourth-order valence-electron chi connectivity index (χ4n) is 2.25. The maximum atomic E-state index is 12.1. The van der Waals surface area contributed by atoms with E-state index in [0.717, 1.165) is 4.90 Å². The van der Waals surface area contributed by atoms with Crippen molar-refractivity contribution in [3.05, 3.63) is 35.4 Å². The summed E-state index contributed by atoms with van der Waals surface area (Å²) >= 11 is 0. The Hall–Kier alpha value is -2.74. The van der Waals surface area contributed by atoms with E-state index in [1.807, 2.05) is 0 Å². The molecule has 0 atom stereocenters. The molecular formula is C17H20N2O6. The molecule has 1 aromatic carbocycles. The van der Waals surface area contributed by atoms with Gasteiger partial charge < -0.3 is 9.57 Å². The Balaban J connectivity index is 1.75. The van der Waals surface area contributed by atoms with E-state index < -0.39 is 29.4 Å². The summed E-state index contributed by atoms with van der Waals surface area (Å²) in [5, 5.41) is 0. The monoisotopic (exact) mass is 348 g/mol. The predicted octanol–water partition coefficient (Wildman–Crippen LogP) is 1.06. The van der Waals surface area contributed by atoms with Crippen LogP contribution in [0.5, 0.6) is 0 Å². The van der Waals surface area contributed by atoms with Gasteiger partial charge in [-0.05, 0) is 32.9 Å². The number of carbonyl (C=O) groups excluding carboxylic acids is 4. The molecule has 1 N–H and O–H groups in total. The van der Waals surface area contributed by atoms with Crippen molar-refractivity contribution < 1.29 is 28.8 Å². The van der Waals surface area contributed by atoms with Gasteiger partial charge in [0.25, 0.3) is 11.8 Å². The molecule has 1 heterocycles. The fourth-order valence-corrected chi connectivity index (χ4v) is 2.25. The fraction of sp³-hybridized carbons (Fsp3) is 0.412. The number of hydroxylamine groups is 1. The summed E-state index contributed by atoms with van der Waals surface area (Å²) in [5.41, 5.74) is 2.23. The van der Waals surface area contributed by atoms with Crippen LogP contribution in [0.15, 0.2) is 24.3 Å². The van der Waals surface area contributed by atoms with Gasteiger partial charge in [-0.3, -0.25) is 24.1 Å². The Labute approximate surface area is 145 Å². The molecule has 25 heavy (non-hydrogen) atoms. The summed E-state index contributed by atoms with van der Waals surface area (Å²) < 4.78 is 5.03. The second-order valence-electron chi connectivity index (χ2n) is 6.44. The van der Waals surface area contributed by atoms with Crippen LogP contribution in [-0.4, -0.2) is 47.3 Å². The van der Waals surface area contributed by atoms with E-state index in [1.54, 1.807) is 45.0 Å². The summed E-state index contributed by atoms with van der Waals surface area (Å²) in [6, 6.07) is 6.47. The van der Waals surface area contributed by atoms with E-state index >= 15 is 0 Å². The number of nitrogens with zero attached hydrogens (tertiary/aromatic N) is 1. The average molecular weight is 348 g/mol. The van der Waals surface area contributed by atoms with Crippen LogP contribution in [-0.2, 0) is 19.2 Å². The average Bonchev–Trinajstić information content (AvgIpc) is 2.76. The molecule has 0 aromatic heterocycles. The van der Waals surface area contributed by atoms with Gasteiger partial charge in [0.15, 0.2) is 0 Å². The third kappa shape index (κ3) is 4.87. The summed E-state index contributed by atoms with van der Waals surface area (Å²) in [4.78, 5) is 53.1. The van der Waals surface area contributed by atoms with E-state index in [4.69, 9.17) is 9.57 Å². The number of rotatable bonds is 6. The third-order valence-corrected chi connectivity index (χ3v) is 3.24. The Kier molecular flexibility index (Phi) is 5.53. The smallest absolute Gasteiger partial charge is 0.326 e. The molecule has 0 saturated heterocycles. The summed E-state index contributed by atoms with van der Waals surface area (Å²) in [6.07, 6.45) is -0.188. The molecule has 8 heteroatoms. The van der Waals surface area contributed by atoms with E-state index in [0.29, 0.717) is 11.1 Å². The second kappa shape index (κ2) is 7.43.